The number of alkyl halides is 4. The number of primary amides is 1. The minimum Gasteiger partial charge on any atom is -0.475 e. The van der Waals surface area contributed by atoms with Crippen LogP contribution in [-0.4, -0.2) is 99.7 Å². The second kappa shape index (κ2) is 14.4. The van der Waals surface area contributed by atoms with Gasteiger partial charge >= 0.3 is 12.1 Å². The van der Waals surface area contributed by atoms with Gasteiger partial charge in [0.1, 0.15) is 6.17 Å². The third-order valence-electron chi connectivity index (χ3n) is 8.42. The average molecular weight is 590 g/mol. The number of amides is 2. The Hall–Kier alpha value is -2.77. The van der Waals surface area contributed by atoms with E-state index in [4.69, 9.17) is 15.6 Å². The van der Waals surface area contributed by atoms with Gasteiger partial charge in [-0.3, -0.25) is 14.5 Å². The number of rotatable bonds is 9. The van der Waals surface area contributed by atoms with Gasteiger partial charge in [0, 0.05) is 37.3 Å². The third kappa shape index (κ3) is 9.11. The summed E-state index contributed by atoms with van der Waals surface area (Å²) in [5, 5.41) is 26.4. The fourth-order valence-electron chi connectivity index (χ4n) is 6.29. The van der Waals surface area contributed by atoms with Gasteiger partial charge < -0.3 is 26.0 Å². The summed E-state index contributed by atoms with van der Waals surface area (Å²) in [5.41, 5.74) is 7.18. The van der Waals surface area contributed by atoms with Gasteiger partial charge in [0.25, 0.3) is 5.91 Å². The molecule has 1 unspecified atom stereocenters. The second-order valence-electron chi connectivity index (χ2n) is 11.2. The maximum absolute atomic E-state index is 13.6. The van der Waals surface area contributed by atoms with Crippen LogP contribution in [0.1, 0.15) is 73.2 Å². The number of hydrogen-bond acceptors (Lipinski definition) is 6. The van der Waals surface area contributed by atoms with Crippen LogP contribution in [0.25, 0.3) is 0 Å². The molecule has 1 aromatic rings. The maximum atomic E-state index is 13.6. The summed E-state index contributed by atoms with van der Waals surface area (Å²) in [5.74, 6) is -2.97. The van der Waals surface area contributed by atoms with E-state index in [0.717, 1.165) is 45.1 Å². The number of carboxylic acid groups (broad SMARTS) is 1. The molecule has 5 N–H and O–H groups in total. The lowest BCUT2D eigenvalue weighted by molar-refractivity contribution is -0.192. The van der Waals surface area contributed by atoms with Gasteiger partial charge in [0.05, 0.1) is 6.61 Å². The fraction of sp³-hybridized carbons (Fsp3) is 0.679. The van der Waals surface area contributed by atoms with E-state index >= 15 is 0 Å². The summed E-state index contributed by atoms with van der Waals surface area (Å²) in [4.78, 5) is 37.4. The standard InChI is InChI=1S/C26H38FN3O4.C2HF3O2/c27-21-6-4-17(5-7-21)15-29(26(34)24(32)16-31)10-11-30-22-8-9-23(30)14-20(13-22)18-2-1-3-19(12-18)25(28)33;3-2(4,5)1(6)7/h1-3,12,17,20-24,31-32H,4-11,13-16H2,(H2,28,33);(H,6,7)/t17?,20?,21?,22-,23+,24-;/m0./s1. The highest BCUT2D eigenvalue weighted by Gasteiger charge is 2.41. The Bertz CT molecular complexity index is 1040. The number of aliphatic hydroxyl groups is 2. The number of hydrogen-bond donors (Lipinski definition) is 4. The zero-order valence-corrected chi connectivity index (χ0v) is 22.8. The van der Waals surface area contributed by atoms with Crippen LogP contribution in [0.5, 0.6) is 0 Å². The van der Waals surface area contributed by atoms with E-state index in [1.54, 1.807) is 11.0 Å². The molecule has 9 nitrogen and oxygen atoms in total. The first-order valence-electron chi connectivity index (χ1n) is 14.0. The zero-order chi connectivity index (χ0) is 30.3. The van der Waals surface area contributed by atoms with Gasteiger partial charge in [-0.2, -0.15) is 13.2 Å². The van der Waals surface area contributed by atoms with Crippen LogP contribution in [0.3, 0.4) is 0 Å². The van der Waals surface area contributed by atoms with Crippen molar-refractivity contribution in [1.29, 1.82) is 0 Å². The van der Waals surface area contributed by atoms with Crippen LogP contribution in [-0.2, 0) is 9.59 Å². The first-order valence-corrected chi connectivity index (χ1v) is 14.0. The minimum absolute atomic E-state index is 0.238. The Balaban J connectivity index is 0.000000587. The Morgan fingerprint density at radius 2 is 1.63 bits per heavy atom. The average Bonchev–Trinajstić information content (AvgIpc) is 3.17. The van der Waals surface area contributed by atoms with E-state index in [9.17, 15) is 37.4 Å². The predicted octanol–water partition coefficient (Wildman–Crippen LogP) is 2.84. The molecule has 0 aromatic heterocycles. The summed E-state index contributed by atoms with van der Waals surface area (Å²) in [7, 11) is 0. The maximum Gasteiger partial charge on any atom is 0.490 e. The number of nitrogens with zero attached hydrogens (tertiary/aromatic N) is 2. The van der Waals surface area contributed by atoms with Crippen LogP contribution in [0, 0.1) is 5.92 Å². The number of piperidine rings is 1. The molecule has 3 aliphatic rings. The van der Waals surface area contributed by atoms with Crippen molar-refractivity contribution in [3.63, 3.8) is 0 Å². The van der Waals surface area contributed by atoms with Crippen LogP contribution in [0.2, 0.25) is 0 Å². The number of carbonyl (C=O) groups is 3. The number of aliphatic hydroxyl groups excluding tert-OH is 2. The van der Waals surface area contributed by atoms with E-state index in [-0.39, 0.29) is 5.92 Å². The van der Waals surface area contributed by atoms with Crippen molar-refractivity contribution in [2.24, 2.45) is 11.7 Å². The van der Waals surface area contributed by atoms with Crippen molar-refractivity contribution in [2.75, 3.05) is 26.2 Å². The first-order chi connectivity index (χ1) is 19.3. The normalized spacial score (nSPS) is 26.9. The molecule has 1 saturated carbocycles. The van der Waals surface area contributed by atoms with Crippen molar-refractivity contribution >= 4 is 17.8 Å². The lowest BCUT2D eigenvalue weighted by atomic mass is 9.84. The highest BCUT2D eigenvalue weighted by Crippen LogP contribution is 2.43. The molecule has 1 aliphatic carbocycles. The molecule has 2 heterocycles. The molecule has 4 rings (SSSR count). The number of fused-ring (bicyclic) bond motifs is 2. The van der Waals surface area contributed by atoms with Gasteiger partial charge in [0.15, 0.2) is 6.10 Å². The highest BCUT2D eigenvalue weighted by atomic mass is 19.4. The van der Waals surface area contributed by atoms with Crippen LogP contribution in [0.15, 0.2) is 24.3 Å². The largest absolute Gasteiger partial charge is 0.490 e. The Kier molecular flexibility index (Phi) is 11.5. The first kappa shape index (κ1) is 32.7. The molecule has 2 saturated heterocycles. The molecule has 2 aliphatic heterocycles. The molecule has 2 amide bonds. The lowest BCUT2D eigenvalue weighted by Gasteiger charge is -2.41. The fourth-order valence-corrected chi connectivity index (χ4v) is 6.29. The molecule has 41 heavy (non-hydrogen) atoms. The van der Waals surface area contributed by atoms with Gasteiger partial charge in [-0.15, -0.1) is 0 Å². The highest BCUT2D eigenvalue weighted by molar-refractivity contribution is 5.92. The summed E-state index contributed by atoms with van der Waals surface area (Å²) in [6.45, 7) is 1.15. The summed E-state index contributed by atoms with van der Waals surface area (Å²) in [6, 6.07) is 8.49. The van der Waals surface area contributed by atoms with Crippen LogP contribution in [0.4, 0.5) is 17.6 Å². The van der Waals surface area contributed by atoms with Gasteiger partial charge in [-0.05, 0) is 80.9 Å². The summed E-state index contributed by atoms with van der Waals surface area (Å²) >= 11 is 0. The predicted molar refractivity (Wildman–Crippen MR) is 141 cm³/mol. The number of carboxylic acids is 1. The molecule has 0 spiro atoms. The smallest absolute Gasteiger partial charge is 0.475 e. The molecule has 3 fully saturated rings. The summed E-state index contributed by atoms with van der Waals surface area (Å²) < 4.78 is 45.3. The molecule has 230 valence electrons. The second-order valence-corrected chi connectivity index (χ2v) is 11.2. The quantitative estimate of drug-likeness (QED) is 0.324. The van der Waals surface area contributed by atoms with Crippen LogP contribution >= 0.6 is 0 Å². The zero-order valence-electron chi connectivity index (χ0n) is 22.8. The molecule has 2 bridgehead atoms. The van der Waals surface area contributed by atoms with E-state index in [2.05, 4.69) is 11.0 Å². The van der Waals surface area contributed by atoms with Gasteiger partial charge in [-0.25, -0.2) is 9.18 Å². The molecule has 13 heteroatoms. The van der Waals surface area contributed by atoms with E-state index in [1.165, 1.54) is 5.56 Å². The molecule has 1 aromatic carbocycles. The Morgan fingerprint density at radius 1 is 1.05 bits per heavy atom. The van der Waals surface area contributed by atoms with E-state index < -0.39 is 42.8 Å². The number of halogens is 4. The number of carbonyl (C=O) groups excluding carboxylic acids is 2. The number of nitrogens with two attached hydrogens (primary N) is 1. The van der Waals surface area contributed by atoms with Crippen molar-refractivity contribution in [1.82, 2.24) is 9.80 Å². The van der Waals surface area contributed by atoms with E-state index in [1.807, 2.05) is 12.1 Å². The van der Waals surface area contributed by atoms with Crippen molar-refractivity contribution in [3.05, 3.63) is 35.4 Å². The number of aliphatic carboxylic acids is 1. The lowest BCUT2D eigenvalue weighted by Crippen LogP contribution is -2.50. The Morgan fingerprint density at radius 3 is 2.15 bits per heavy atom. The van der Waals surface area contributed by atoms with Crippen LogP contribution < -0.4 is 5.73 Å². The van der Waals surface area contributed by atoms with Gasteiger partial charge in [0.2, 0.25) is 5.91 Å². The third-order valence-corrected chi connectivity index (χ3v) is 8.42. The molecule has 0 radical (unpaired) electrons. The van der Waals surface area contributed by atoms with Gasteiger partial charge in [-0.1, -0.05) is 12.1 Å². The van der Waals surface area contributed by atoms with Crippen molar-refractivity contribution < 1.29 is 47.3 Å². The molecular weight excluding hydrogens is 550 g/mol. The SMILES string of the molecule is NC(=O)c1cccc(C2C[C@H]3CC[C@@H](C2)N3CCN(CC2CCC(F)CC2)C(=O)[C@@H](O)CO)c1.O=C(O)C(F)(F)F. The molecule has 4 atom stereocenters. The monoisotopic (exact) mass is 589 g/mol. The van der Waals surface area contributed by atoms with E-state index in [0.29, 0.717) is 49.5 Å². The minimum atomic E-state index is -5.08. The molecular formula is C28H39F4N3O6. The number of benzene rings is 1. The van der Waals surface area contributed by atoms with Crippen molar-refractivity contribution in [3.8, 4) is 0 Å². The topological polar surface area (TPSA) is 144 Å². The Labute approximate surface area is 236 Å². The van der Waals surface area contributed by atoms with Crippen molar-refractivity contribution in [2.45, 2.75) is 87.8 Å². The summed E-state index contributed by atoms with van der Waals surface area (Å²) in [6.07, 6.45) is -0.425.